The molecule has 162 valence electrons. The van der Waals surface area contributed by atoms with Gasteiger partial charge in [0, 0.05) is 29.9 Å². The van der Waals surface area contributed by atoms with Crippen molar-refractivity contribution in [2.75, 3.05) is 10.6 Å². The third kappa shape index (κ3) is 5.08. The smallest absolute Gasteiger partial charge is 0.267 e. The number of carbonyl (C=O) groups excluding carboxylic acids is 2. The van der Waals surface area contributed by atoms with E-state index in [1.54, 1.807) is 43.3 Å². The number of anilines is 2. The third-order valence-corrected chi connectivity index (χ3v) is 4.91. The number of hydrogen-bond acceptors (Lipinski definition) is 5. The van der Waals surface area contributed by atoms with Crippen LogP contribution in [0, 0.1) is 18.3 Å². The minimum absolute atomic E-state index is 0.189. The van der Waals surface area contributed by atoms with Crippen LogP contribution in [0.1, 0.15) is 37.4 Å². The van der Waals surface area contributed by atoms with Gasteiger partial charge in [-0.2, -0.15) is 10.4 Å². The highest BCUT2D eigenvalue weighted by Crippen LogP contribution is 2.24. The van der Waals surface area contributed by atoms with Gasteiger partial charge in [0.15, 0.2) is 0 Å². The van der Waals surface area contributed by atoms with Gasteiger partial charge in [-0.25, -0.2) is 4.68 Å². The maximum absolute atomic E-state index is 12.9. The topological polar surface area (TPSA) is 117 Å². The minimum atomic E-state index is -0.839. The van der Waals surface area contributed by atoms with Crippen molar-refractivity contribution >= 4 is 23.2 Å². The molecule has 0 unspecified atom stereocenters. The van der Waals surface area contributed by atoms with Gasteiger partial charge in [0.25, 0.3) is 5.56 Å². The number of amides is 2. The van der Waals surface area contributed by atoms with Gasteiger partial charge >= 0.3 is 0 Å². The molecule has 0 fully saturated rings. The molecule has 0 aliphatic rings. The highest BCUT2D eigenvalue weighted by Gasteiger charge is 2.22. The van der Waals surface area contributed by atoms with Crippen LogP contribution in [0.4, 0.5) is 11.4 Å². The Bertz CT molecular complexity index is 1270. The standard InChI is InChI=1S/C24H23N5O3/c1-4-22(24(32)27-19-7-5-6-17(12-19)14-25)29-23(31)11-10-20(28-29)18-9-8-15(2)21(13-18)26-16(3)30/h5-13,22H,4H2,1-3H3,(H,26,30)(H,27,32)/t22-/m0/s1. The summed E-state index contributed by atoms with van der Waals surface area (Å²) >= 11 is 0. The number of nitrogens with zero attached hydrogens (tertiary/aromatic N) is 3. The Morgan fingerprint density at radius 3 is 2.59 bits per heavy atom. The Morgan fingerprint density at radius 2 is 1.91 bits per heavy atom. The molecule has 0 spiro atoms. The van der Waals surface area contributed by atoms with Gasteiger partial charge in [0.2, 0.25) is 11.8 Å². The molecule has 8 heteroatoms. The second-order valence-electron chi connectivity index (χ2n) is 7.32. The molecule has 1 atom stereocenters. The third-order valence-electron chi connectivity index (χ3n) is 4.91. The van der Waals surface area contributed by atoms with Crippen molar-refractivity contribution in [2.24, 2.45) is 0 Å². The molecule has 8 nitrogen and oxygen atoms in total. The monoisotopic (exact) mass is 429 g/mol. The second-order valence-corrected chi connectivity index (χ2v) is 7.32. The zero-order valence-electron chi connectivity index (χ0n) is 18.0. The molecule has 3 rings (SSSR count). The normalized spacial score (nSPS) is 11.3. The number of carbonyl (C=O) groups is 2. The number of aryl methyl sites for hydroxylation is 1. The molecule has 0 saturated carbocycles. The summed E-state index contributed by atoms with van der Waals surface area (Å²) in [5, 5.41) is 19.0. The van der Waals surface area contributed by atoms with Crippen molar-refractivity contribution in [3.63, 3.8) is 0 Å². The van der Waals surface area contributed by atoms with Gasteiger partial charge in [-0.15, -0.1) is 0 Å². The molecule has 0 saturated heterocycles. The van der Waals surface area contributed by atoms with Gasteiger partial charge in [-0.1, -0.05) is 25.1 Å². The minimum Gasteiger partial charge on any atom is -0.326 e. The quantitative estimate of drug-likeness (QED) is 0.620. The van der Waals surface area contributed by atoms with Crippen molar-refractivity contribution in [2.45, 2.75) is 33.2 Å². The van der Waals surface area contributed by atoms with E-state index in [9.17, 15) is 14.4 Å². The van der Waals surface area contributed by atoms with Crippen LogP contribution >= 0.6 is 0 Å². The van der Waals surface area contributed by atoms with Crippen molar-refractivity contribution in [1.29, 1.82) is 5.26 Å². The van der Waals surface area contributed by atoms with Crippen molar-refractivity contribution in [1.82, 2.24) is 9.78 Å². The maximum Gasteiger partial charge on any atom is 0.267 e. The lowest BCUT2D eigenvalue weighted by Gasteiger charge is -2.18. The predicted octanol–water partition coefficient (Wildman–Crippen LogP) is 3.64. The van der Waals surface area contributed by atoms with Gasteiger partial charge < -0.3 is 10.6 Å². The first-order valence-corrected chi connectivity index (χ1v) is 10.1. The molecule has 2 N–H and O–H groups in total. The van der Waals surface area contributed by atoms with Gasteiger partial charge in [-0.3, -0.25) is 14.4 Å². The van der Waals surface area contributed by atoms with Crippen LogP contribution in [0.5, 0.6) is 0 Å². The Balaban J connectivity index is 1.94. The maximum atomic E-state index is 12.9. The molecule has 2 aromatic carbocycles. The molecular weight excluding hydrogens is 406 g/mol. The molecule has 0 bridgehead atoms. The highest BCUT2D eigenvalue weighted by molar-refractivity contribution is 5.94. The Labute approximate surface area is 185 Å². The van der Waals surface area contributed by atoms with Gasteiger partial charge in [-0.05, 0) is 49.2 Å². The van der Waals surface area contributed by atoms with E-state index in [0.29, 0.717) is 34.6 Å². The first-order chi connectivity index (χ1) is 15.3. The van der Waals surface area contributed by atoms with Crippen LogP contribution in [0.25, 0.3) is 11.3 Å². The zero-order valence-corrected chi connectivity index (χ0v) is 18.0. The number of nitriles is 1. The summed E-state index contributed by atoms with van der Waals surface area (Å²) in [6, 6.07) is 16.2. The second kappa shape index (κ2) is 9.71. The number of rotatable bonds is 6. The van der Waals surface area contributed by atoms with Crippen LogP contribution < -0.4 is 16.2 Å². The number of aromatic nitrogens is 2. The number of nitrogens with one attached hydrogen (secondary N) is 2. The first kappa shape index (κ1) is 22.4. The van der Waals surface area contributed by atoms with Gasteiger partial charge in [0.05, 0.1) is 17.3 Å². The largest absolute Gasteiger partial charge is 0.326 e. The Hall–Kier alpha value is -4.25. The van der Waals surface area contributed by atoms with E-state index in [0.717, 1.165) is 10.2 Å². The highest BCUT2D eigenvalue weighted by atomic mass is 16.2. The fourth-order valence-corrected chi connectivity index (χ4v) is 3.27. The lowest BCUT2D eigenvalue weighted by molar-refractivity contribution is -0.119. The van der Waals surface area contributed by atoms with E-state index in [1.165, 1.54) is 13.0 Å². The molecule has 0 aliphatic heterocycles. The van der Waals surface area contributed by atoms with Crippen molar-refractivity contribution in [3.8, 4) is 17.3 Å². The van der Waals surface area contributed by atoms with Crippen LogP contribution in [-0.4, -0.2) is 21.6 Å². The fourth-order valence-electron chi connectivity index (χ4n) is 3.27. The molecule has 2 amide bonds. The van der Waals surface area contributed by atoms with E-state index < -0.39 is 17.5 Å². The average Bonchev–Trinajstić information content (AvgIpc) is 2.77. The molecule has 32 heavy (non-hydrogen) atoms. The summed E-state index contributed by atoms with van der Waals surface area (Å²) in [7, 11) is 0. The van der Waals surface area contributed by atoms with E-state index in [2.05, 4.69) is 15.7 Å². The molecular formula is C24H23N5O3. The summed E-state index contributed by atoms with van der Waals surface area (Å²) in [6.45, 7) is 5.10. The van der Waals surface area contributed by atoms with Crippen LogP contribution in [0.15, 0.2) is 59.4 Å². The van der Waals surface area contributed by atoms with Gasteiger partial charge in [0.1, 0.15) is 6.04 Å². The summed E-state index contributed by atoms with van der Waals surface area (Å²) in [4.78, 5) is 36.9. The molecule has 1 heterocycles. The van der Waals surface area contributed by atoms with E-state index in [4.69, 9.17) is 5.26 Å². The summed E-state index contributed by atoms with van der Waals surface area (Å²) in [5.74, 6) is -0.594. The van der Waals surface area contributed by atoms with Crippen LogP contribution in [0.3, 0.4) is 0 Å². The van der Waals surface area contributed by atoms with Crippen molar-refractivity contribution < 1.29 is 9.59 Å². The molecule has 0 aliphatic carbocycles. The summed E-state index contributed by atoms with van der Waals surface area (Å²) in [6.07, 6.45) is 0.338. The molecule has 1 aromatic heterocycles. The molecule has 0 radical (unpaired) electrons. The number of hydrogen-bond donors (Lipinski definition) is 2. The SMILES string of the molecule is CC[C@@H](C(=O)Nc1cccc(C#N)c1)n1nc(-c2ccc(C)c(NC(C)=O)c2)ccc1=O. The van der Waals surface area contributed by atoms with Crippen LogP contribution in [-0.2, 0) is 9.59 Å². The zero-order chi connectivity index (χ0) is 23.3. The van der Waals surface area contributed by atoms with E-state index in [1.807, 2.05) is 25.1 Å². The van der Waals surface area contributed by atoms with E-state index in [-0.39, 0.29) is 5.91 Å². The van der Waals surface area contributed by atoms with Crippen molar-refractivity contribution in [3.05, 3.63) is 76.1 Å². The summed E-state index contributed by atoms with van der Waals surface area (Å²) in [5.41, 5.74) is 3.21. The lowest BCUT2D eigenvalue weighted by atomic mass is 10.1. The fraction of sp³-hybridized carbons (Fsp3) is 0.208. The summed E-state index contributed by atoms with van der Waals surface area (Å²) < 4.78 is 1.16. The average molecular weight is 429 g/mol. The first-order valence-electron chi connectivity index (χ1n) is 10.1. The lowest BCUT2D eigenvalue weighted by Crippen LogP contribution is -2.34. The number of benzene rings is 2. The van der Waals surface area contributed by atoms with E-state index >= 15 is 0 Å². The molecule has 3 aromatic rings. The van der Waals surface area contributed by atoms with Crippen LogP contribution in [0.2, 0.25) is 0 Å². The Kier molecular flexibility index (Phi) is 6.80. The Morgan fingerprint density at radius 1 is 1.12 bits per heavy atom. The predicted molar refractivity (Wildman–Crippen MR) is 122 cm³/mol.